The predicted molar refractivity (Wildman–Crippen MR) is 136 cm³/mol. The Morgan fingerprint density at radius 1 is 1.24 bits per heavy atom. The van der Waals surface area contributed by atoms with Gasteiger partial charge in [0.05, 0.1) is 11.8 Å². The van der Waals surface area contributed by atoms with Crippen LogP contribution in [0.1, 0.15) is 34.7 Å². The van der Waals surface area contributed by atoms with Crippen molar-refractivity contribution in [3.63, 3.8) is 0 Å². The summed E-state index contributed by atoms with van der Waals surface area (Å²) in [6, 6.07) is 11.9. The average Bonchev–Trinajstić information content (AvgIpc) is 3.17. The SMILES string of the molecule is C=CCn1c(SCC(=O)Nc2ccc(Br)cc2C)nnc1[C@H](C)NC(=O)c1ccc(Cl)cc1. The molecule has 0 spiro atoms. The van der Waals surface area contributed by atoms with Gasteiger partial charge in [-0.2, -0.15) is 0 Å². The molecule has 0 aliphatic rings. The molecule has 1 aromatic heterocycles. The van der Waals surface area contributed by atoms with Crippen LogP contribution in [0, 0.1) is 6.92 Å². The quantitative estimate of drug-likeness (QED) is 0.276. The zero-order valence-corrected chi connectivity index (χ0v) is 21.3. The number of aryl methyl sites for hydroxylation is 1. The van der Waals surface area contributed by atoms with E-state index in [1.807, 2.05) is 36.6 Å². The smallest absolute Gasteiger partial charge is 0.251 e. The van der Waals surface area contributed by atoms with Gasteiger partial charge in [0.15, 0.2) is 11.0 Å². The molecule has 1 atom stereocenters. The molecule has 3 aromatic rings. The third-order valence-electron chi connectivity index (χ3n) is 4.69. The Labute approximate surface area is 210 Å². The summed E-state index contributed by atoms with van der Waals surface area (Å²) in [4.78, 5) is 25.0. The first kappa shape index (κ1) is 25.0. The van der Waals surface area contributed by atoms with E-state index in [0.717, 1.165) is 15.7 Å². The highest BCUT2D eigenvalue weighted by Gasteiger charge is 2.20. The summed E-state index contributed by atoms with van der Waals surface area (Å²) in [5.74, 6) is 0.342. The van der Waals surface area contributed by atoms with Crippen LogP contribution in [0.15, 0.2) is 64.7 Å². The number of benzene rings is 2. The third kappa shape index (κ3) is 6.69. The summed E-state index contributed by atoms with van der Waals surface area (Å²) < 4.78 is 2.79. The van der Waals surface area contributed by atoms with Crippen LogP contribution in [0.3, 0.4) is 0 Å². The fourth-order valence-corrected chi connectivity index (χ4v) is 4.41. The number of aromatic nitrogens is 3. The number of rotatable bonds is 9. The van der Waals surface area contributed by atoms with E-state index in [1.165, 1.54) is 11.8 Å². The molecule has 0 radical (unpaired) electrons. The van der Waals surface area contributed by atoms with Crippen molar-refractivity contribution in [1.29, 1.82) is 0 Å². The summed E-state index contributed by atoms with van der Waals surface area (Å²) in [6.07, 6.45) is 1.72. The lowest BCUT2D eigenvalue weighted by Gasteiger charge is -2.15. The first-order valence-electron chi connectivity index (χ1n) is 10.1. The lowest BCUT2D eigenvalue weighted by Crippen LogP contribution is -2.28. The number of allylic oxidation sites excluding steroid dienone is 1. The van der Waals surface area contributed by atoms with E-state index in [0.29, 0.717) is 28.1 Å². The largest absolute Gasteiger partial charge is 0.342 e. The maximum atomic E-state index is 12.6. The Balaban J connectivity index is 1.66. The van der Waals surface area contributed by atoms with Crippen LogP contribution >= 0.6 is 39.3 Å². The number of hydrogen-bond donors (Lipinski definition) is 2. The lowest BCUT2D eigenvalue weighted by molar-refractivity contribution is -0.113. The number of nitrogens with zero attached hydrogens (tertiary/aromatic N) is 3. The molecule has 0 unspecified atom stereocenters. The average molecular weight is 549 g/mol. The van der Waals surface area contributed by atoms with Crippen molar-refractivity contribution in [2.45, 2.75) is 31.6 Å². The molecule has 33 heavy (non-hydrogen) atoms. The van der Waals surface area contributed by atoms with Crippen molar-refractivity contribution in [3.8, 4) is 0 Å². The molecule has 0 saturated carbocycles. The Morgan fingerprint density at radius 2 is 1.97 bits per heavy atom. The van der Waals surface area contributed by atoms with Gasteiger partial charge in [-0.3, -0.25) is 9.59 Å². The maximum Gasteiger partial charge on any atom is 0.251 e. The molecule has 0 bridgehead atoms. The van der Waals surface area contributed by atoms with Gasteiger partial charge < -0.3 is 15.2 Å². The Hall–Kier alpha value is -2.62. The van der Waals surface area contributed by atoms with Gasteiger partial charge in [-0.05, 0) is 61.9 Å². The van der Waals surface area contributed by atoms with Crippen molar-refractivity contribution in [2.75, 3.05) is 11.1 Å². The molecule has 2 amide bonds. The van der Waals surface area contributed by atoms with Crippen LogP contribution in [0.2, 0.25) is 5.02 Å². The van der Waals surface area contributed by atoms with E-state index in [4.69, 9.17) is 11.6 Å². The minimum absolute atomic E-state index is 0.149. The number of halogens is 2. The minimum Gasteiger partial charge on any atom is -0.342 e. The highest BCUT2D eigenvalue weighted by molar-refractivity contribution is 9.10. The standard InChI is InChI=1S/C23H23BrClN5O2S/c1-4-11-30-21(15(3)26-22(32)16-5-8-18(25)9-6-16)28-29-23(30)33-13-20(31)27-19-10-7-17(24)12-14(19)2/h4-10,12,15H,1,11,13H2,2-3H3,(H,26,32)(H,27,31)/t15-/m0/s1. The van der Waals surface area contributed by atoms with Gasteiger partial charge >= 0.3 is 0 Å². The van der Waals surface area contributed by atoms with Gasteiger partial charge in [0.1, 0.15) is 0 Å². The van der Waals surface area contributed by atoms with Gasteiger partial charge in [-0.15, -0.1) is 16.8 Å². The van der Waals surface area contributed by atoms with Crippen molar-refractivity contribution >= 4 is 56.8 Å². The van der Waals surface area contributed by atoms with Crippen molar-refractivity contribution < 1.29 is 9.59 Å². The minimum atomic E-state index is -0.408. The summed E-state index contributed by atoms with van der Waals surface area (Å²) in [7, 11) is 0. The summed E-state index contributed by atoms with van der Waals surface area (Å²) >= 11 is 10.6. The molecule has 0 fully saturated rings. The highest BCUT2D eigenvalue weighted by Crippen LogP contribution is 2.23. The normalized spacial score (nSPS) is 11.6. The topological polar surface area (TPSA) is 88.9 Å². The summed E-state index contributed by atoms with van der Waals surface area (Å²) in [5, 5.41) is 15.4. The second-order valence-electron chi connectivity index (χ2n) is 7.24. The van der Waals surface area contributed by atoms with Crippen LogP contribution in [-0.4, -0.2) is 32.3 Å². The molecule has 0 aliphatic heterocycles. The monoisotopic (exact) mass is 547 g/mol. The van der Waals surface area contributed by atoms with Gasteiger partial charge in [0.25, 0.3) is 5.91 Å². The van der Waals surface area contributed by atoms with Crippen molar-refractivity contribution in [1.82, 2.24) is 20.1 Å². The molecular weight excluding hydrogens is 526 g/mol. The fourth-order valence-electron chi connectivity index (χ4n) is 3.06. The Morgan fingerprint density at radius 3 is 2.64 bits per heavy atom. The molecule has 1 heterocycles. The van der Waals surface area contributed by atoms with E-state index in [9.17, 15) is 9.59 Å². The first-order valence-corrected chi connectivity index (χ1v) is 12.2. The van der Waals surface area contributed by atoms with Gasteiger partial charge in [-0.1, -0.05) is 45.4 Å². The molecule has 0 aliphatic carbocycles. The molecule has 172 valence electrons. The van der Waals surface area contributed by atoms with E-state index in [2.05, 4.69) is 43.3 Å². The van der Waals surface area contributed by atoms with E-state index in [1.54, 1.807) is 30.3 Å². The maximum absolute atomic E-state index is 12.6. The van der Waals surface area contributed by atoms with Crippen LogP contribution in [0.4, 0.5) is 5.69 Å². The molecule has 10 heteroatoms. The van der Waals surface area contributed by atoms with E-state index >= 15 is 0 Å². The first-order chi connectivity index (χ1) is 15.8. The number of thioether (sulfide) groups is 1. The lowest BCUT2D eigenvalue weighted by atomic mass is 10.2. The Kier molecular flexibility index (Phi) is 8.71. The number of anilines is 1. The van der Waals surface area contributed by atoms with Crippen molar-refractivity contribution in [2.24, 2.45) is 0 Å². The molecule has 7 nitrogen and oxygen atoms in total. The Bertz CT molecular complexity index is 1170. The van der Waals surface area contributed by atoms with Crippen LogP contribution in [0.5, 0.6) is 0 Å². The fraction of sp³-hybridized carbons (Fsp3) is 0.217. The number of carbonyl (C=O) groups excluding carboxylic acids is 2. The van der Waals surface area contributed by atoms with Gasteiger partial charge in [0, 0.05) is 27.3 Å². The van der Waals surface area contributed by atoms with Gasteiger partial charge in [0.2, 0.25) is 5.91 Å². The zero-order chi connectivity index (χ0) is 24.0. The van der Waals surface area contributed by atoms with Crippen LogP contribution in [-0.2, 0) is 11.3 Å². The molecule has 2 N–H and O–H groups in total. The van der Waals surface area contributed by atoms with Crippen LogP contribution in [0.25, 0.3) is 0 Å². The number of amides is 2. The second kappa shape index (κ2) is 11.5. The third-order valence-corrected chi connectivity index (χ3v) is 6.41. The molecular formula is C23H23BrClN5O2S. The number of hydrogen-bond acceptors (Lipinski definition) is 5. The highest BCUT2D eigenvalue weighted by atomic mass is 79.9. The predicted octanol–water partition coefficient (Wildman–Crippen LogP) is 5.41. The second-order valence-corrected chi connectivity index (χ2v) is 9.53. The van der Waals surface area contributed by atoms with E-state index in [-0.39, 0.29) is 17.6 Å². The molecule has 3 rings (SSSR count). The van der Waals surface area contributed by atoms with Crippen LogP contribution < -0.4 is 10.6 Å². The van der Waals surface area contributed by atoms with Gasteiger partial charge in [-0.25, -0.2) is 0 Å². The molecule has 2 aromatic carbocycles. The van der Waals surface area contributed by atoms with E-state index < -0.39 is 6.04 Å². The zero-order valence-electron chi connectivity index (χ0n) is 18.1. The number of carbonyl (C=O) groups is 2. The summed E-state index contributed by atoms with van der Waals surface area (Å²) in [5.41, 5.74) is 2.22. The summed E-state index contributed by atoms with van der Waals surface area (Å²) in [6.45, 7) is 8.00. The van der Waals surface area contributed by atoms with Crippen molar-refractivity contribution in [3.05, 3.63) is 81.6 Å². The molecule has 0 saturated heterocycles. The number of nitrogens with one attached hydrogen (secondary N) is 2.